The van der Waals surface area contributed by atoms with Crippen LogP contribution in [-0.2, 0) is 27.6 Å². The average Bonchev–Trinajstić information content (AvgIpc) is 3.25. The Bertz CT molecular complexity index is 1120. The number of hydrogen-bond acceptors (Lipinski definition) is 6. The average molecular weight is 437 g/mol. The maximum atomic E-state index is 15.4. The lowest BCUT2D eigenvalue weighted by Crippen LogP contribution is -2.33. The van der Waals surface area contributed by atoms with Crippen LogP contribution in [0.3, 0.4) is 0 Å². The molecule has 1 saturated heterocycles. The number of phenols is 1. The van der Waals surface area contributed by atoms with Gasteiger partial charge < -0.3 is 10.4 Å². The van der Waals surface area contributed by atoms with E-state index in [-0.39, 0.29) is 11.1 Å². The van der Waals surface area contributed by atoms with E-state index in [1.54, 1.807) is 22.5 Å². The normalized spacial score (nSPS) is 19.4. The minimum absolute atomic E-state index is 0.0406. The second-order valence-electron chi connectivity index (χ2n) is 8.23. The molecule has 2 aliphatic rings. The van der Waals surface area contributed by atoms with Gasteiger partial charge in [-0.3, -0.25) is 9.48 Å². The van der Waals surface area contributed by atoms with Crippen molar-refractivity contribution in [2.24, 2.45) is 13.0 Å². The summed E-state index contributed by atoms with van der Waals surface area (Å²) in [5.74, 6) is -1.86. The van der Waals surface area contributed by atoms with E-state index in [9.17, 15) is 18.3 Å². The van der Waals surface area contributed by atoms with Crippen LogP contribution in [0.1, 0.15) is 32.4 Å². The van der Waals surface area contributed by atoms with Crippen LogP contribution in [0.4, 0.5) is 10.1 Å². The third-order valence-electron chi connectivity index (χ3n) is 5.41. The molecule has 1 aliphatic carbocycles. The molecule has 1 aromatic heterocycles. The Morgan fingerprint density at radius 3 is 2.63 bits per heavy atom. The highest BCUT2D eigenvalue weighted by Gasteiger charge is 2.46. The maximum Gasteiger partial charge on any atom is 0.326 e. The van der Waals surface area contributed by atoms with Crippen molar-refractivity contribution in [2.45, 2.75) is 32.2 Å². The van der Waals surface area contributed by atoms with Crippen LogP contribution in [0.25, 0.3) is 11.3 Å². The van der Waals surface area contributed by atoms with Crippen molar-refractivity contribution in [2.75, 3.05) is 17.4 Å². The molecule has 0 unspecified atom stereocenters. The van der Waals surface area contributed by atoms with Crippen LogP contribution in [0.2, 0.25) is 0 Å². The molecule has 11 heteroatoms. The predicted octanol–water partition coefficient (Wildman–Crippen LogP) is 1.35. The number of carbonyl (C=O) groups excluding carboxylic acids is 1. The number of aromatic hydroxyl groups is 1. The number of hydrogen-bond donors (Lipinski definition) is 3. The van der Waals surface area contributed by atoms with Gasteiger partial charge in [0.15, 0.2) is 5.82 Å². The van der Waals surface area contributed by atoms with Gasteiger partial charge in [0.05, 0.1) is 16.9 Å². The summed E-state index contributed by atoms with van der Waals surface area (Å²) in [6.07, 6.45) is 1.89. The first-order valence-corrected chi connectivity index (χ1v) is 11.1. The molecule has 3 N–H and O–H groups in total. The van der Waals surface area contributed by atoms with Crippen LogP contribution in [0, 0.1) is 11.7 Å². The molecule has 2 fully saturated rings. The summed E-state index contributed by atoms with van der Waals surface area (Å²) in [6.45, 7) is 4.48. The molecule has 0 radical (unpaired) electrons. The minimum Gasteiger partial charge on any atom is -0.506 e. The molecule has 9 nitrogen and oxygen atoms in total. The fraction of sp³-hybridized carbons (Fsp3) is 0.474. The van der Waals surface area contributed by atoms with Gasteiger partial charge in [0.2, 0.25) is 0 Å². The number of anilines is 1. The van der Waals surface area contributed by atoms with Crippen molar-refractivity contribution in [3.05, 3.63) is 29.7 Å². The van der Waals surface area contributed by atoms with Gasteiger partial charge in [0.25, 0.3) is 5.91 Å². The first-order valence-electron chi connectivity index (χ1n) is 9.69. The Hall–Kier alpha value is -2.66. The third-order valence-corrected chi connectivity index (χ3v) is 6.79. The number of aryl methyl sites for hydroxylation is 1. The predicted molar refractivity (Wildman–Crippen MR) is 108 cm³/mol. The van der Waals surface area contributed by atoms with Gasteiger partial charge in [0.1, 0.15) is 18.0 Å². The molecular formula is C19H24FN5O4S. The van der Waals surface area contributed by atoms with E-state index >= 15 is 4.39 Å². The number of phenolic OH excluding ortho intramolecular Hbond substituents is 1. The molecule has 30 heavy (non-hydrogen) atoms. The number of nitrogens with one attached hydrogen (secondary N) is 2. The second kappa shape index (κ2) is 6.95. The van der Waals surface area contributed by atoms with E-state index in [2.05, 4.69) is 24.3 Å². The summed E-state index contributed by atoms with van der Waals surface area (Å²) >= 11 is 0. The zero-order chi connectivity index (χ0) is 21.8. The van der Waals surface area contributed by atoms with E-state index < -0.39 is 39.9 Å². The van der Waals surface area contributed by atoms with Crippen LogP contribution < -0.4 is 14.3 Å². The first kappa shape index (κ1) is 20.6. The van der Waals surface area contributed by atoms with Gasteiger partial charge in [-0.05, 0) is 43.5 Å². The third kappa shape index (κ3) is 3.41. The number of aromatic nitrogens is 2. The van der Waals surface area contributed by atoms with E-state index in [1.165, 1.54) is 12.1 Å². The number of nitrogens with zero attached hydrogens (tertiary/aromatic N) is 3. The Kier molecular flexibility index (Phi) is 4.77. The van der Waals surface area contributed by atoms with Gasteiger partial charge in [0, 0.05) is 12.6 Å². The van der Waals surface area contributed by atoms with Gasteiger partial charge in [-0.1, -0.05) is 13.8 Å². The van der Waals surface area contributed by atoms with E-state index in [1.807, 2.05) is 0 Å². The zero-order valence-electron chi connectivity index (χ0n) is 16.9. The van der Waals surface area contributed by atoms with Crippen molar-refractivity contribution >= 4 is 21.8 Å². The van der Waals surface area contributed by atoms with Crippen LogP contribution in [0.5, 0.6) is 5.75 Å². The molecule has 2 aromatic rings. The molecular weight excluding hydrogens is 413 g/mol. The molecule has 1 saturated carbocycles. The van der Waals surface area contributed by atoms with Crippen molar-refractivity contribution < 1.29 is 22.7 Å². The summed E-state index contributed by atoms with van der Waals surface area (Å²) in [6, 6.07) is 4.32. The summed E-state index contributed by atoms with van der Waals surface area (Å²) in [5, 5.41) is 18.1. The molecule has 1 amide bonds. The van der Waals surface area contributed by atoms with Gasteiger partial charge in [-0.2, -0.15) is 13.5 Å². The number of benzene rings is 1. The Balaban J connectivity index is 1.74. The fourth-order valence-corrected chi connectivity index (χ4v) is 4.89. The highest BCUT2D eigenvalue weighted by atomic mass is 32.2. The first-order chi connectivity index (χ1) is 14.0. The summed E-state index contributed by atoms with van der Waals surface area (Å²) < 4.78 is 43.6. The monoisotopic (exact) mass is 437 g/mol. The number of carbonyl (C=O) groups is 1. The fourth-order valence-electron chi connectivity index (χ4n) is 3.73. The second-order valence-corrected chi connectivity index (χ2v) is 9.82. The van der Waals surface area contributed by atoms with E-state index in [0.29, 0.717) is 15.9 Å². The molecule has 162 valence electrons. The Labute approximate surface area is 174 Å². The van der Waals surface area contributed by atoms with E-state index in [4.69, 9.17) is 0 Å². The van der Waals surface area contributed by atoms with Crippen LogP contribution in [0.15, 0.2) is 18.2 Å². The SMILES string of the molecule is CC(C)CNC1(c2cc(-c3ccc(O)c(N4CC(=O)NS4(=O)=O)c3F)nn2C)CC1. The molecule has 0 atom stereocenters. The molecule has 1 aliphatic heterocycles. The Morgan fingerprint density at radius 1 is 1.37 bits per heavy atom. The highest BCUT2D eigenvalue weighted by molar-refractivity contribution is 7.92. The standard InChI is InChI=1S/C19H24FN5O4S/c1-11(2)9-21-19(6-7-19)15-8-13(22-24(15)3)12-4-5-14(26)18(17(12)20)25-10-16(27)23-30(25,28)29/h4-5,8,11,21,26H,6-7,9-10H2,1-3H3,(H,23,27). The lowest BCUT2D eigenvalue weighted by molar-refractivity contribution is -0.117. The van der Waals surface area contributed by atoms with Crippen molar-refractivity contribution in [3.8, 4) is 17.0 Å². The number of amides is 1. The van der Waals surface area contributed by atoms with Crippen molar-refractivity contribution in [1.82, 2.24) is 19.8 Å². The highest BCUT2D eigenvalue weighted by Crippen LogP contribution is 2.47. The number of halogens is 1. The topological polar surface area (TPSA) is 117 Å². The van der Waals surface area contributed by atoms with Gasteiger partial charge >= 0.3 is 10.2 Å². The Morgan fingerprint density at radius 2 is 2.07 bits per heavy atom. The summed E-state index contributed by atoms with van der Waals surface area (Å²) in [4.78, 5) is 11.5. The zero-order valence-corrected chi connectivity index (χ0v) is 17.8. The number of rotatable bonds is 6. The van der Waals surface area contributed by atoms with Crippen molar-refractivity contribution in [3.63, 3.8) is 0 Å². The molecule has 0 spiro atoms. The molecule has 1 aromatic carbocycles. The quantitative estimate of drug-likeness (QED) is 0.628. The van der Waals surface area contributed by atoms with Crippen molar-refractivity contribution in [1.29, 1.82) is 0 Å². The lowest BCUT2D eigenvalue weighted by atomic mass is 10.1. The van der Waals surface area contributed by atoms with Gasteiger partial charge in [-0.15, -0.1) is 0 Å². The molecule has 0 bridgehead atoms. The smallest absolute Gasteiger partial charge is 0.326 e. The minimum atomic E-state index is -4.27. The van der Waals surface area contributed by atoms with Crippen LogP contribution in [-0.4, -0.2) is 42.3 Å². The van der Waals surface area contributed by atoms with Crippen LogP contribution >= 0.6 is 0 Å². The van der Waals surface area contributed by atoms with E-state index in [0.717, 1.165) is 25.1 Å². The summed E-state index contributed by atoms with van der Waals surface area (Å²) in [5.41, 5.74) is 0.503. The maximum absolute atomic E-state index is 15.4. The largest absolute Gasteiger partial charge is 0.506 e. The summed E-state index contributed by atoms with van der Waals surface area (Å²) in [7, 11) is -2.49. The van der Waals surface area contributed by atoms with Gasteiger partial charge in [-0.25, -0.2) is 13.4 Å². The lowest BCUT2D eigenvalue weighted by Gasteiger charge is -2.19. The molecule has 4 rings (SSSR count). The molecule has 2 heterocycles.